The molecule has 0 spiro atoms. The molecule has 0 aliphatic rings. The topological polar surface area (TPSA) is 44.1 Å². The molecule has 0 aliphatic carbocycles. The van der Waals surface area contributed by atoms with Gasteiger partial charge in [0.2, 0.25) is 0 Å². The number of aromatic nitrogens is 2. The lowest BCUT2D eigenvalue weighted by Gasteiger charge is -2.09. The highest BCUT2D eigenvalue weighted by Crippen LogP contribution is 2.17. The summed E-state index contributed by atoms with van der Waals surface area (Å²) in [4.78, 5) is 16.1. The Morgan fingerprint density at radius 1 is 1.47 bits per heavy atom. The summed E-state index contributed by atoms with van der Waals surface area (Å²) in [6, 6.07) is 7.61. The molecule has 0 unspecified atom stereocenters. The van der Waals surface area contributed by atoms with Gasteiger partial charge in [-0.1, -0.05) is 22.0 Å². The van der Waals surface area contributed by atoms with Crippen molar-refractivity contribution in [2.75, 3.05) is 6.61 Å². The predicted molar refractivity (Wildman–Crippen MR) is 85.6 cm³/mol. The number of nitrogens with zero attached hydrogens (tertiary/aromatic N) is 2. The van der Waals surface area contributed by atoms with E-state index < -0.39 is 0 Å². The highest BCUT2D eigenvalue weighted by Gasteiger charge is 2.05. The Kier molecular flexibility index (Phi) is 4.98. The maximum atomic E-state index is 11.9. The summed E-state index contributed by atoms with van der Waals surface area (Å²) in [5.41, 5.74) is 0.737. The zero-order valence-corrected chi connectivity index (χ0v) is 14.0. The smallest absolute Gasteiger partial charge is 0.267 e. The van der Waals surface area contributed by atoms with Crippen LogP contribution in [0.4, 0.5) is 0 Å². The molecule has 0 aliphatic heterocycles. The van der Waals surface area contributed by atoms with E-state index in [0.29, 0.717) is 16.7 Å². The van der Waals surface area contributed by atoms with Gasteiger partial charge >= 0.3 is 0 Å². The fourth-order valence-corrected chi connectivity index (χ4v) is 2.35. The fourth-order valence-electron chi connectivity index (χ4n) is 1.52. The third-order valence-electron chi connectivity index (χ3n) is 2.55. The Morgan fingerprint density at radius 3 is 3.00 bits per heavy atom. The summed E-state index contributed by atoms with van der Waals surface area (Å²) in [6.45, 7) is 2.73. The molecule has 100 valence electrons. The van der Waals surface area contributed by atoms with Crippen molar-refractivity contribution in [1.82, 2.24) is 9.55 Å². The van der Waals surface area contributed by atoms with E-state index in [-0.39, 0.29) is 5.56 Å². The molecule has 1 heterocycles. The van der Waals surface area contributed by atoms with Crippen molar-refractivity contribution < 1.29 is 4.74 Å². The van der Waals surface area contributed by atoms with E-state index in [1.54, 1.807) is 10.9 Å². The summed E-state index contributed by atoms with van der Waals surface area (Å²) < 4.78 is 8.78. The summed E-state index contributed by atoms with van der Waals surface area (Å²) >= 11 is 5.40. The molecule has 0 atom stereocenters. The van der Waals surface area contributed by atoms with Gasteiger partial charge in [0.15, 0.2) is 0 Å². The lowest BCUT2D eigenvalue weighted by molar-refractivity contribution is 0.295. The van der Waals surface area contributed by atoms with Crippen molar-refractivity contribution in [3.05, 3.63) is 54.7 Å². The number of benzene rings is 1. The summed E-state index contributed by atoms with van der Waals surface area (Å²) in [5.74, 6) is 0.775. The van der Waals surface area contributed by atoms with E-state index in [0.717, 1.165) is 15.9 Å². The standard InChI is InChI=1S/C13H12BrIN2O2/c1-9-12(15)13(18)17(8-16-9)5-6-19-11-4-2-3-10(14)7-11/h2-4,7-8H,5-6H2,1H3. The number of ether oxygens (including phenoxy) is 1. The third-order valence-corrected chi connectivity index (χ3v) is 4.29. The van der Waals surface area contributed by atoms with Gasteiger partial charge in [0.05, 0.1) is 22.1 Å². The molecule has 1 aromatic heterocycles. The van der Waals surface area contributed by atoms with Crippen molar-refractivity contribution in [3.63, 3.8) is 0 Å². The Labute approximate surface area is 133 Å². The minimum atomic E-state index is -0.0223. The van der Waals surface area contributed by atoms with Crippen molar-refractivity contribution in [3.8, 4) is 5.75 Å². The first kappa shape index (κ1) is 14.5. The van der Waals surface area contributed by atoms with Crippen LogP contribution in [0.2, 0.25) is 0 Å². The first-order valence-corrected chi connectivity index (χ1v) is 7.55. The number of aryl methyl sites for hydroxylation is 1. The van der Waals surface area contributed by atoms with Crippen LogP contribution in [-0.2, 0) is 6.54 Å². The van der Waals surface area contributed by atoms with Gasteiger partial charge in [-0.05, 0) is 47.7 Å². The first-order chi connectivity index (χ1) is 9.08. The van der Waals surface area contributed by atoms with Crippen molar-refractivity contribution in [1.29, 1.82) is 0 Å². The molecule has 1 aromatic carbocycles. The molecule has 0 bridgehead atoms. The van der Waals surface area contributed by atoms with Crippen LogP contribution in [0.3, 0.4) is 0 Å². The molecule has 2 rings (SSSR count). The monoisotopic (exact) mass is 434 g/mol. The first-order valence-electron chi connectivity index (χ1n) is 5.68. The van der Waals surface area contributed by atoms with E-state index in [9.17, 15) is 4.79 Å². The van der Waals surface area contributed by atoms with Crippen LogP contribution in [0, 0.1) is 10.5 Å². The highest BCUT2D eigenvalue weighted by molar-refractivity contribution is 14.1. The highest BCUT2D eigenvalue weighted by atomic mass is 127. The van der Waals surface area contributed by atoms with Crippen molar-refractivity contribution >= 4 is 38.5 Å². The molecule has 6 heteroatoms. The van der Waals surface area contributed by atoms with E-state index >= 15 is 0 Å². The van der Waals surface area contributed by atoms with Crippen LogP contribution in [-0.4, -0.2) is 16.2 Å². The van der Waals surface area contributed by atoms with Gasteiger partial charge < -0.3 is 4.74 Å². The zero-order chi connectivity index (χ0) is 13.8. The molecule has 2 aromatic rings. The van der Waals surface area contributed by atoms with E-state index in [1.165, 1.54) is 0 Å². The van der Waals surface area contributed by atoms with Crippen LogP contribution in [0.5, 0.6) is 5.75 Å². The molecule has 0 amide bonds. The van der Waals surface area contributed by atoms with Crippen molar-refractivity contribution in [2.45, 2.75) is 13.5 Å². The van der Waals surface area contributed by atoms with Gasteiger partial charge in [0.1, 0.15) is 12.4 Å². The van der Waals surface area contributed by atoms with Crippen LogP contribution in [0.1, 0.15) is 5.69 Å². The minimum absolute atomic E-state index is 0.0223. The van der Waals surface area contributed by atoms with Crippen LogP contribution in [0.25, 0.3) is 0 Å². The van der Waals surface area contributed by atoms with Crippen LogP contribution < -0.4 is 10.3 Å². The van der Waals surface area contributed by atoms with E-state index in [2.05, 4.69) is 20.9 Å². The molecule has 0 N–H and O–H groups in total. The van der Waals surface area contributed by atoms with E-state index in [4.69, 9.17) is 4.74 Å². The molecule has 0 saturated carbocycles. The number of hydrogen-bond donors (Lipinski definition) is 0. The second-order valence-corrected chi connectivity index (χ2v) is 5.94. The fraction of sp³-hybridized carbons (Fsp3) is 0.231. The molecule has 4 nitrogen and oxygen atoms in total. The Balaban J connectivity index is 2.00. The SMILES string of the molecule is Cc1ncn(CCOc2cccc(Br)c2)c(=O)c1I. The van der Waals surface area contributed by atoms with Gasteiger partial charge in [-0.15, -0.1) is 0 Å². The number of rotatable bonds is 4. The van der Waals surface area contributed by atoms with Crippen molar-refractivity contribution in [2.24, 2.45) is 0 Å². The predicted octanol–water partition coefficient (Wildman–Crippen LogP) is 3.00. The van der Waals surface area contributed by atoms with Gasteiger partial charge in [0, 0.05) is 4.47 Å². The van der Waals surface area contributed by atoms with E-state index in [1.807, 2.05) is 53.8 Å². The molecular weight excluding hydrogens is 423 g/mol. The van der Waals surface area contributed by atoms with Gasteiger partial charge in [-0.3, -0.25) is 9.36 Å². The van der Waals surface area contributed by atoms with Gasteiger partial charge in [-0.2, -0.15) is 0 Å². The average molecular weight is 435 g/mol. The second kappa shape index (κ2) is 6.51. The zero-order valence-electron chi connectivity index (χ0n) is 10.3. The van der Waals surface area contributed by atoms with Gasteiger partial charge in [0.25, 0.3) is 5.56 Å². The van der Waals surface area contributed by atoms with Gasteiger partial charge in [-0.25, -0.2) is 4.98 Å². The average Bonchev–Trinajstić information content (AvgIpc) is 2.39. The lowest BCUT2D eigenvalue weighted by Crippen LogP contribution is -2.26. The lowest BCUT2D eigenvalue weighted by atomic mass is 10.3. The third kappa shape index (κ3) is 3.79. The summed E-state index contributed by atoms with van der Waals surface area (Å²) in [6.07, 6.45) is 1.56. The summed E-state index contributed by atoms with van der Waals surface area (Å²) in [7, 11) is 0. The summed E-state index contributed by atoms with van der Waals surface area (Å²) in [5, 5.41) is 0. The molecular formula is C13H12BrIN2O2. The maximum Gasteiger partial charge on any atom is 0.267 e. The Morgan fingerprint density at radius 2 is 2.26 bits per heavy atom. The Hall–Kier alpha value is -0.890. The molecule has 0 fully saturated rings. The quantitative estimate of drug-likeness (QED) is 0.695. The largest absolute Gasteiger partial charge is 0.492 e. The molecule has 0 saturated heterocycles. The Bertz CT molecular complexity index is 643. The maximum absolute atomic E-state index is 11.9. The second-order valence-electron chi connectivity index (χ2n) is 3.95. The molecule has 0 radical (unpaired) electrons. The molecule has 19 heavy (non-hydrogen) atoms. The van der Waals surface area contributed by atoms with Crippen LogP contribution >= 0.6 is 38.5 Å². The van der Waals surface area contributed by atoms with Crippen LogP contribution in [0.15, 0.2) is 39.9 Å². The number of hydrogen-bond acceptors (Lipinski definition) is 3. The number of halogens is 2. The normalized spacial score (nSPS) is 10.5. The minimum Gasteiger partial charge on any atom is -0.492 e.